The number of aromatic nitrogens is 3. The van der Waals surface area contributed by atoms with E-state index >= 15 is 0 Å². The Morgan fingerprint density at radius 2 is 2.03 bits per heavy atom. The van der Waals surface area contributed by atoms with Crippen molar-refractivity contribution in [3.63, 3.8) is 0 Å². The van der Waals surface area contributed by atoms with Gasteiger partial charge in [0.05, 0.1) is 36.4 Å². The summed E-state index contributed by atoms with van der Waals surface area (Å²) in [5.41, 5.74) is 4.99. The van der Waals surface area contributed by atoms with Crippen molar-refractivity contribution >= 4 is 28.2 Å². The Hall–Kier alpha value is -3.63. The van der Waals surface area contributed by atoms with Gasteiger partial charge in [-0.2, -0.15) is 10.2 Å². The third-order valence-corrected chi connectivity index (χ3v) is 6.02. The molecule has 7 nitrogen and oxygen atoms in total. The summed E-state index contributed by atoms with van der Waals surface area (Å²) in [6, 6.07) is 14.6. The number of nitriles is 1. The van der Waals surface area contributed by atoms with E-state index in [-0.39, 0.29) is 6.04 Å². The van der Waals surface area contributed by atoms with E-state index in [0.29, 0.717) is 11.3 Å². The topological polar surface area (TPSA) is 78.5 Å². The van der Waals surface area contributed by atoms with Gasteiger partial charge in [-0.15, -0.1) is 0 Å². The van der Waals surface area contributed by atoms with Crippen LogP contribution in [0.1, 0.15) is 29.7 Å². The summed E-state index contributed by atoms with van der Waals surface area (Å²) < 4.78 is 7.52. The Labute approximate surface area is 180 Å². The lowest BCUT2D eigenvalue weighted by Gasteiger charge is -2.29. The van der Waals surface area contributed by atoms with Crippen LogP contribution in [0.4, 0.5) is 11.5 Å². The lowest BCUT2D eigenvalue weighted by molar-refractivity contribution is 0.122. The summed E-state index contributed by atoms with van der Waals surface area (Å²) in [5, 5.41) is 14.0. The second-order valence-corrected chi connectivity index (χ2v) is 7.86. The molecule has 0 spiro atoms. The third kappa shape index (κ3) is 3.45. The van der Waals surface area contributed by atoms with Gasteiger partial charge in [0, 0.05) is 36.6 Å². The second kappa shape index (κ2) is 7.89. The highest BCUT2D eigenvalue weighted by Crippen LogP contribution is 2.31. The number of hydrogen-bond donors (Lipinski definition) is 1. The van der Waals surface area contributed by atoms with Gasteiger partial charge in [-0.3, -0.25) is 4.40 Å². The standard InChI is InChI=1S/C24H24N6O/c1-16-18(15-25)4-3-5-20(16)17(2)27-23-21-14-19(29-10-12-31-13-11-29)6-7-22(21)30-9-8-26-24(30)28-23/h3-9,14,17H,10-13H2,1-2H3,(H,26,27,28)/t17-/m1/s1. The molecule has 1 aliphatic rings. The maximum Gasteiger partial charge on any atom is 0.236 e. The Morgan fingerprint density at radius 3 is 2.84 bits per heavy atom. The molecule has 0 unspecified atom stereocenters. The van der Waals surface area contributed by atoms with E-state index in [0.717, 1.165) is 59.8 Å². The lowest BCUT2D eigenvalue weighted by atomic mass is 9.98. The van der Waals surface area contributed by atoms with Crippen LogP contribution in [-0.2, 0) is 4.74 Å². The van der Waals surface area contributed by atoms with Crippen LogP contribution in [0, 0.1) is 18.3 Å². The number of benzene rings is 2. The Morgan fingerprint density at radius 1 is 1.19 bits per heavy atom. The maximum atomic E-state index is 9.40. The monoisotopic (exact) mass is 412 g/mol. The summed E-state index contributed by atoms with van der Waals surface area (Å²) in [6.07, 6.45) is 3.71. The first-order valence-electron chi connectivity index (χ1n) is 10.5. The molecule has 5 rings (SSSR count). The van der Waals surface area contributed by atoms with Crippen LogP contribution in [0.3, 0.4) is 0 Å². The smallest absolute Gasteiger partial charge is 0.236 e. The fourth-order valence-corrected chi connectivity index (χ4v) is 4.31. The molecule has 0 radical (unpaired) electrons. The Bertz CT molecular complexity index is 1300. The molecule has 1 atom stereocenters. The molecule has 1 saturated heterocycles. The largest absolute Gasteiger partial charge is 0.378 e. The van der Waals surface area contributed by atoms with Gasteiger partial charge in [-0.25, -0.2) is 4.98 Å². The van der Waals surface area contributed by atoms with Gasteiger partial charge >= 0.3 is 0 Å². The minimum absolute atomic E-state index is 0.0199. The van der Waals surface area contributed by atoms with Crippen LogP contribution in [0.25, 0.3) is 16.7 Å². The normalized spacial score (nSPS) is 15.2. The molecular formula is C24H24N6O. The van der Waals surface area contributed by atoms with Gasteiger partial charge in [0.15, 0.2) is 0 Å². The molecule has 0 saturated carbocycles. The van der Waals surface area contributed by atoms with Crippen molar-refractivity contribution < 1.29 is 4.74 Å². The molecule has 31 heavy (non-hydrogen) atoms. The minimum Gasteiger partial charge on any atom is -0.378 e. The number of ether oxygens (including phenoxy) is 1. The molecule has 3 heterocycles. The number of fused-ring (bicyclic) bond motifs is 3. The molecule has 4 aromatic rings. The zero-order valence-corrected chi connectivity index (χ0v) is 17.7. The first-order chi connectivity index (χ1) is 15.2. The van der Waals surface area contributed by atoms with E-state index < -0.39 is 0 Å². The van der Waals surface area contributed by atoms with Gasteiger partial charge in [0.2, 0.25) is 5.78 Å². The average Bonchev–Trinajstić information content (AvgIpc) is 3.28. The number of rotatable bonds is 4. The van der Waals surface area contributed by atoms with Gasteiger partial charge in [0.25, 0.3) is 0 Å². The molecule has 1 fully saturated rings. The summed E-state index contributed by atoms with van der Waals surface area (Å²) in [7, 11) is 0. The van der Waals surface area contributed by atoms with Crippen molar-refractivity contribution in [3.8, 4) is 6.07 Å². The lowest BCUT2D eigenvalue weighted by Crippen LogP contribution is -2.36. The molecular weight excluding hydrogens is 388 g/mol. The second-order valence-electron chi connectivity index (χ2n) is 7.86. The average molecular weight is 412 g/mol. The number of morpholine rings is 1. The molecule has 2 aromatic heterocycles. The number of nitrogens with zero attached hydrogens (tertiary/aromatic N) is 5. The van der Waals surface area contributed by atoms with Gasteiger partial charge in [-0.1, -0.05) is 12.1 Å². The predicted octanol–water partition coefficient (Wildman–Crippen LogP) is 4.07. The Balaban J connectivity index is 1.60. The fraction of sp³-hybridized carbons (Fsp3) is 0.292. The van der Waals surface area contributed by atoms with Crippen LogP contribution in [0.2, 0.25) is 0 Å². The van der Waals surface area contributed by atoms with Gasteiger partial charge in [-0.05, 0) is 49.2 Å². The van der Waals surface area contributed by atoms with E-state index in [4.69, 9.17) is 9.72 Å². The highest BCUT2D eigenvalue weighted by Gasteiger charge is 2.17. The first-order valence-corrected chi connectivity index (χ1v) is 10.5. The number of nitrogens with one attached hydrogen (secondary N) is 1. The SMILES string of the molecule is Cc1c(C#N)cccc1[C@@H](C)Nc1nc2nccn2c2ccc(N3CCOCC3)cc12. The number of hydrogen-bond acceptors (Lipinski definition) is 6. The fourth-order valence-electron chi connectivity index (χ4n) is 4.31. The molecule has 0 amide bonds. The minimum atomic E-state index is -0.0199. The first kappa shape index (κ1) is 19.3. The van der Waals surface area contributed by atoms with Crippen molar-refractivity contribution in [2.24, 2.45) is 0 Å². The van der Waals surface area contributed by atoms with Crippen LogP contribution in [0.5, 0.6) is 0 Å². The van der Waals surface area contributed by atoms with Crippen molar-refractivity contribution in [2.75, 3.05) is 36.5 Å². The molecule has 156 valence electrons. The summed E-state index contributed by atoms with van der Waals surface area (Å²) in [4.78, 5) is 11.6. The zero-order valence-electron chi connectivity index (χ0n) is 17.7. The van der Waals surface area contributed by atoms with E-state index in [1.165, 1.54) is 0 Å². The quantitative estimate of drug-likeness (QED) is 0.544. The summed E-state index contributed by atoms with van der Waals surface area (Å²) in [6.45, 7) is 7.34. The molecule has 0 aliphatic carbocycles. The zero-order chi connectivity index (χ0) is 21.4. The van der Waals surface area contributed by atoms with Crippen LogP contribution in [0.15, 0.2) is 48.8 Å². The van der Waals surface area contributed by atoms with Crippen LogP contribution < -0.4 is 10.2 Å². The van der Waals surface area contributed by atoms with Crippen LogP contribution in [-0.4, -0.2) is 40.7 Å². The highest BCUT2D eigenvalue weighted by molar-refractivity contribution is 5.93. The van der Waals surface area contributed by atoms with Gasteiger partial charge in [0.1, 0.15) is 5.82 Å². The highest BCUT2D eigenvalue weighted by atomic mass is 16.5. The van der Waals surface area contributed by atoms with Gasteiger partial charge < -0.3 is 15.0 Å². The van der Waals surface area contributed by atoms with Crippen molar-refractivity contribution in [2.45, 2.75) is 19.9 Å². The number of imidazole rings is 1. The molecule has 7 heteroatoms. The van der Waals surface area contributed by atoms with Crippen molar-refractivity contribution in [1.82, 2.24) is 14.4 Å². The number of anilines is 2. The van der Waals surface area contributed by atoms with E-state index in [1.807, 2.05) is 29.7 Å². The van der Waals surface area contributed by atoms with Crippen molar-refractivity contribution in [1.29, 1.82) is 5.26 Å². The summed E-state index contributed by atoms with van der Waals surface area (Å²) >= 11 is 0. The molecule has 1 N–H and O–H groups in total. The predicted molar refractivity (Wildman–Crippen MR) is 121 cm³/mol. The van der Waals surface area contributed by atoms with E-state index in [1.54, 1.807) is 6.20 Å². The maximum absolute atomic E-state index is 9.40. The van der Waals surface area contributed by atoms with E-state index in [2.05, 4.69) is 52.5 Å². The van der Waals surface area contributed by atoms with Crippen molar-refractivity contribution in [3.05, 3.63) is 65.5 Å². The Kier molecular flexibility index (Phi) is 4.92. The molecule has 1 aliphatic heterocycles. The molecule has 2 aromatic carbocycles. The summed E-state index contributed by atoms with van der Waals surface area (Å²) in [5.74, 6) is 1.45. The third-order valence-electron chi connectivity index (χ3n) is 6.02. The molecule has 0 bridgehead atoms. The van der Waals surface area contributed by atoms with Crippen LogP contribution >= 0.6 is 0 Å². The van der Waals surface area contributed by atoms with E-state index in [9.17, 15) is 5.26 Å².